The Morgan fingerprint density at radius 1 is 1.43 bits per heavy atom. The first kappa shape index (κ1) is 15.5. The van der Waals surface area contributed by atoms with Crippen LogP contribution in [0.5, 0.6) is 0 Å². The fourth-order valence-electron chi connectivity index (χ4n) is 2.05. The molecule has 1 aromatic carbocycles. The summed E-state index contributed by atoms with van der Waals surface area (Å²) in [4.78, 5) is 1.29. The van der Waals surface area contributed by atoms with Crippen LogP contribution in [0.25, 0.3) is 0 Å². The summed E-state index contributed by atoms with van der Waals surface area (Å²) in [6, 6.07) is 9.21. The van der Waals surface area contributed by atoms with E-state index in [9.17, 15) is 4.39 Å². The number of rotatable bonds is 6. The molecule has 0 spiro atoms. The molecule has 1 atom stereocenters. The molecular weight excluding hydrogens is 289 g/mol. The number of hydrogen-bond acceptors (Lipinski definition) is 4. The highest BCUT2D eigenvalue weighted by Gasteiger charge is 2.12. The van der Waals surface area contributed by atoms with E-state index in [0.717, 1.165) is 6.42 Å². The van der Waals surface area contributed by atoms with Crippen LogP contribution in [-0.4, -0.2) is 17.1 Å². The van der Waals surface area contributed by atoms with Crippen molar-refractivity contribution < 1.29 is 9.60 Å². The van der Waals surface area contributed by atoms with Gasteiger partial charge >= 0.3 is 0 Å². The largest absolute Gasteiger partial charge is 0.409 e. The van der Waals surface area contributed by atoms with Gasteiger partial charge in [0, 0.05) is 23.0 Å². The van der Waals surface area contributed by atoms with Crippen LogP contribution >= 0.6 is 11.3 Å². The van der Waals surface area contributed by atoms with Gasteiger partial charge in [-0.2, -0.15) is 0 Å². The molecule has 0 bridgehead atoms. The Hall–Kier alpha value is -1.92. The molecule has 0 aliphatic carbocycles. The fraction of sp³-hybridized carbons (Fsp3) is 0.267. The van der Waals surface area contributed by atoms with E-state index in [1.165, 1.54) is 10.9 Å². The normalized spacial score (nSPS) is 13.3. The zero-order valence-electron chi connectivity index (χ0n) is 11.7. The Labute approximate surface area is 127 Å². The molecule has 1 heterocycles. The zero-order valence-corrected chi connectivity index (χ0v) is 12.5. The topological polar surface area (TPSA) is 70.6 Å². The van der Waals surface area contributed by atoms with Gasteiger partial charge in [0.05, 0.1) is 5.56 Å². The van der Waals surface area contributed by atoms with Crippen LogP contribution in [0.1, 0.15) is 22.9 Å². The van der Waals surface area contributed by atoms with E-state index in [-0.39, 0.29) is 17.4 Å². The standard InChI is InChI=1S/C15H18FN3OS/c1-10(8-12-5-3-7-21-12)18-9-11-4-2-6-13(14(11)16)15(17)19-20/h2-7,10,18,20H,8-9H2,1H3,(H2,17,19). The first-order valence-corrected chi connectivity index (χ1v) is 7.51. The molecule has 4 N–H and O–H groups in total. The Morgan fingerprint density at radius 3 is 2.90 bits per heavy atom. The van der Waals surface area contributed by atoms with Gasteiger partial charge in [-0.25, -0.2) is 4.39 Å². The van der Waals surface area contributed by atoms with Crippen molar-refractivity contribution in [2.75, 3.05) is 0 Å². The maximum Gasteiger partial charge on any atom is 0.173 e. The molecule has 2 aromatic rings. The Morgan fingerprint density at radius 2 is 2.24 bits per heavy atom. The Kier molecular flexibility index (Phi) is 5.30. The third-order valence-corrected chi connectivity index (χ3v) is 4.09. The van der Waals surface area contributed by atoms with Gasteiger partial charge in [-0.1, -0.05) is 23.4 Å². The van der Waals surface area contributed by atoms with Crippen molar-refractivity contribution in [1.29, 1.82) is 0 Å². The number of nitrogens with one attached hydrogen (secondary N) is 1. The van der Waals surface area contributed by atoms with Gasteiger partial charge < -0.3 is 16.3 Å². The Balaban J connectivity index is 2.00. The zero-order chi connectivity index (χ0) is 15.2. The maximum atomic E-state index is 14.2. The molecule has 6 heteroatoms. The molecule has 1 aromatic heterocycles. The molecule has 4 nitrogen and oxygen atoms in total. The lowest BCUT2D eigenvalue weighted by molar-refractivity contribution is 0.318. The van der Waals surface area contributed by atoms with E-state index in [1.54, 1.807) is 23.5 Å². The first-order valence-electron chi connectivity index (χ1n) is 6.63. The van der Waals surface area contributed by atoms with Gasteiger partial charge in [0.2, 0.25) is 0 Å². The summed E-state index contributed by atoms with van der Waals surface area (Å²) >= 11 is 1.71. The highest BCUT2D eigenvalue weighted by atomic mass is 32.1. The number of hydrogen-bond donors (Lipinski definition) is 3. The molecule has 112 valence electrons. The van der Waals surface area contributed by atoms with E-state index in [1.807, 2.05) is 11.4 Å². The first-order chi connectivity index (χ1) is 10.1. The number of nitrogens with two attached hydrogens (primary N) is 1. The number of thiophene rings is 1. The number of benzene rings is 1. The predicted octanol–water partition coefficient (Wildman–Crippen LogP) is 2.70. The minimum absolute atomic E-state index is 0.114. The number of halogens is 1. The van der Waals surface area contributed by atoms with Crippen LogP contribution in [0.2, 0.25) is 0 Å². The summed E-state index contributed by atoms with van der Waals surface area (Å²) in [5.74, 6) is -0.676. The maximum absolute atomic E-state index is 14.2. The number of nitrogens with zero attached hydrogens (tertiary/aromatic N) is 1. The third kappa shape index (κ3) is 4.03. The third-order valence-electron chi connectivity index (χ3n) is 3.19. The van der Waals surface area contributed by atoms with Crippen LogP contribution in [0, 0.1) is 5.82 Å². The summed E-state index contributed by atoms with van der Waals surface area (Å²) in [5.41, 5.74) is 6.06. The quantitative estimate of drug-likeness (QED) is 0.332. The average Bonchev–Trinajstić information content (AvgIpc) is 2.98. The van der Waals surface area contributed by atoms with Gasteiger partial charge in [0.1, 0.15) is 5.82 Å². The molecule has 0 fully saturated rings. The van der Waals surface area contributed by atoms with E-state index in [0.29, 0.717) is 12.1 Å². The van der Waals surface area contributed by atoms with Crippen molar-refractivity contribution in [3.63, 3.8) is 0 Å². The van der Waals surface area contributed by atoms with Gasteiger partial charge in [-0.15, -0.1) is 11.3 Å². The number of amidine groups is 1. The molecule has 2 rings (SSSR count). The van der Waals surface area contributed by atoms with Crippen LogP contribution < -0.4 is 11.1 Å². The lowest BCUT2D eigenvalue weighted by Gasteiger charge is -2.14. The van der Waals surface area contributed by atoms with Crippen molar-refractivity contribution in [2.24, 2.45) is 10.9 Å². The summed E-state index contributed by atoms with van der Waals surface area (Å²) < 4.78 is 14.2. The highest BCUT2D eigenvalue weighted by molar-refractivity contribution is 7.09. The molecule has 0 aliphatic heterocycles. The van der Waals surface area contributed by atoms with Gasteiger partial charge in [0.15, 0.2) is 5.84 Å². The summed E-state index contributed by atoms with van der Waals surface area (Å²) in [6.45, 7) is 2.45. The molecule has 1 unspecified atom stereocenters. The van der Waals surface area contributed by atoms with Crippen molar-refractivity contribution in [3.05, 3.63) is 57.5 Å². The Bertz CT molecular complexity index is 613. The van der Waals surface area contributed by atoms with Crippen LogP contribution in [-0.2, 0) is 13.0 Å². The second-order valence-electron chi connectivity index (χ2n) is 4.83. The van der Waals surface area contributed by atoms with E-state index >= 15 is 0 Å². The smallest absolute Gasteiger partial charge is 0.173 e. The monoisotopic (exact) mass is 307 g/mol. The second-order valence-corrected chi connectivity index (χ2v) is 5.86. The summed E-state index contributed by atoms with van der Waals surface area (Å²) in [5, 5.41) is 16.8. The van der Waals surface area contributed by atoms with E-state index < -0.39 is 5.82 Å². The van der Waals surface area contributed by atoms with E-state index in [4.69, 9.17) is 10.9 Å². The fourth-order valence-corrected chi connectivity index (χ4v) is 2.89. The van der Waals surface area contributed by atoms with Crippen molar-refractivity contribution >= 4 is 17.2 Å². The van der Waals surface area contributed by atoms with Crippen molar-refractivity contribution in [2.45, 2.75) is 25.9 Å². The second kappa shape index (κ2) is 7.19. The van der Waals surface area contributed by atoms with Crippen LogP contribution in [0.15, 0.2) is 40.9 Å². The van der Waals surface area contributed by atoms with Gasteiger partial charge in [-0.3, -0.25) is 0 Å². The lowest BCUT2D eigenvalue weighted by atomic mass is 10.1. The summed E-state index contributed by atoms with van der Waals surface area (Å²) in [6.07, 6.45) is 0.902. The highest BCUT2D eigenvalue weighted by Crippen LogP contribution is 2.14. The molecule has 0 amide bonds. The van der Waals surface area contributed by atoms with Crippen molar-refractivity contribution in [3.8, 4) is 0 Å². The van der Waals surface area contributed by atoms with Crippen LogP contribution in [0.3, 0.4) is 0 Å². The SMILES string of the molecule is CC(Cc1cccs1)NCc1cccc(/C(N)=N/O)c1F. The molecule has 0 saturated carbocycles. The molecule has 0 radical (unpaired) electrons. The van der Waals surface area contributed by atoms with Crippen LogP contribution in [0.4, 0.5) is 4.39 Å². The molecule has 0 aliphatic rings. The molecular formula is C15H18FN3OS. The van der Waals surface area contributed by atoms with E-state index in [2.05, 4.69) is 23.5 Å². The summed E-state index contributed by atoms with van der Waals surface area (Å²) in [7, 11) is 0. The molecule has 21 heavy (non-hydrogen) atoms. The van der Waals surface area contributed by atoms with Gasteiger partial charge in [0.25, 0.3) is 0 Å². The average molecular weight is 307 g/mol. The molecule has 0 saturated heterocycles. The van der Waals surface area contributed by atoms with Crippen molar-refractivity contribution in [1.82, 2.24) is 5.32 Å². The lowest BCUT2D eigenvalue weighted by Crippen LogP contribution is -2.28. The predicted molar refractivity (Wildman–Crippen MR) is 83.2 cm³/mol. The number of oxime groups is 1. The minimum atomic E-state index is -0.455. The van der Waals surface area contributed by atoms with Gasteiger partial charge in [-0.05, 0) is 30.9 Å². The minimum Gasteiger partial charge on any atom is -0.409 e.